The minimum absolute atomic E-state index is 0.0852. The third-order valence-electron chi connectivity index (χ3n) is 7.35. The van der Waals surface area contributed by atoms with Gasteiger partial charge in [0.2, 0.25) is 0 Å². The molecule has 2 aromatic rings. The summed E-state index contributed by atoms with van der Waals surface area (Å²) >= 11 is 0. The molecule has 0 bridgehead atoms. The highest BCUT2D eigenvalue weighted by atomic mass is 32.2. The molecule has 1 heterocycles. The van der Waals surface area contributed by atoms with Gasteiger partial charge in [0.25, 0.3) is 0 Å². The minimum atomic E-state index is -3.53. The maximum Gasteiger partial charge on any atom is 0.178 e. The molecule has 3 atom stereocenters. The summed E-state index contributed by atoms with van der Waals surface area (Å²) in [5.41, 5.74) is 3.31. The summed E-state index contributed by atoms with van der Waals surface area (Å²) in [6.45, 7) is 3.81. The van der Waals surface area contributed by atoms with Crippen molar-refractivity contribution >= 4 is 19.7 Å². The Bertz CT molecular complexity index is 1330. The van der Waals surface area contributed by atoms with Crippen LogP contribution in [0.3, 0.4) is 0 Å². The van der Waals surface area contributed by atoms with Crippen molar-refractivity contribution in [1.82, 2.24) is 4.90 Å². The second-order valence-corrected chi connectivity index (χ2v) is 14.6. The van der Waals surface area contributed by atoms with Gasteiger partial charge in [0.05, 0.1) is 34.6 Å². The van der Waals surface area contributed by atoms with Gasteiger partial charge in [-0.25, -0.2) is 16.8 Å². The summed E-state index contributed by atoms with van der Waals surface area (Å²) in [5.74, 6) is 0.691. The molecule has 36 heavy (non-hydrogen) atoms. The van der Waals surface area contributed by atoms with Crippen LogP contribution in [0.15, 0.2) is 47.4 Å². The lowest BCUT2D eigenvalue weighted by molar-refractivity contribution is 0.164. The molecule has 0 aromatic heterocycles. The zero-order valence-electron chi connectivity index (χ0n) is 20.9. The number of hydrogen-bond donors (Lipinski definition) is 0. The first-order valence-electron chi connectivity index (χ1n) is 12.5. The van der Waals surface area contributed by atoms with Crippen LogP contribution < -0.4 is 4.74 Å². The highest BCUT2D eigenvalue weighted by Gasteiger charge is 2.36. The number of benzene rings is 2. The molecule has 2 aromatic carbocycles. The van der Waals surface area contributed by atoms with Gasteiger partial charge in [0.1, 0.15) is 15.6 Å². The van der Waals surface area contributed by atoms with Crippen LogP contribution in [0.5, 0.6) is 5.75 Å². The number of likely N-dealkylation sites (tertiary alicyclic amines) is 1. The van der Waals surface area contributed by atoms with E-state index >= 15 is 0 Å². The number of ether oxygens (including phenoxy) is 1. The van der Waals surface area contributed by atoms with E-state index in [9.17, 15) is 22.1 Å². The molecule has 1 saturated heterocycles. The normalized spacial score (nSPS) is 22.6. The van der Waals surface area contributed by atoms with E-state index in [1.54, 1.807) is 12.1 Å². The van der Waals surface area contributed by atoms with E-state index in [1.165, 1.54) is 23.3 Å². The van der Waals surface area contributed by atoms with Crippen LogP contribution in [-0.4, -0.2) is 64.7 Å². The van der Waals surface area contributed by atoms with Crippen LogP contribution in [0.4, 0.5) is 0 Å². The lowest BCUT2D eigenvalue weighted by Gasteiger charge is -2.35. The van der Waals surface area contributed by atoms with E-state index in [-0.39, 0.29) is 22.8 Å². The molecule has 1 aliphatic carbocycles. The van der Waals surface area contributed by atoms with Crippen LogP contribution in [0.25, 0.3) is 0 Å². The van der Waals surface area contributed by atoms with Crippen LogP contribution >= 0.6 is 0 Å². The van der Waals surface area contributed by atoms with E-state index in [0.29, 0.717) is 30.4 Å². The van der Waals surface area contributed by atoms with Gasteiger partial charge in [-0.2, -0.15) is 5.26 Å². The number of fused-ring (bicyclic) bond motifs is 1. The van der Waals surface area contributed by atoms with Gasteiger partial charge >= 0.3 is 0 Å². The number of rotatable bonds is 9. The van der Waals surface area contributed by atoms with Gasteiger partial charge in [-0.15, -0.1) is 0 Å². The Kier molecular flexibility index (Phi) is 8.08. The average molecular weight is 531 g/mol. The van der Waals surface area contributed by atoms with E-state index in [1.807, 2.05) is 12.1 Å². The zero-order valence-corrected chi connectivity index (χ0v) is 22.5. The standard InChI is InChI=1S/C27H34N2O5S2/c1-20-15-21(18-29(20)24-7-12-27-22(16-24)5-3-6-23(27)17-28)19-34-25-8-10-26(11-9-25)36(32,33)14-4-13-35(2,30)31/h3,5-6,8-11,20-21,24H,4,7,12-16,18-19H2,1-2H3/t20-,21+,24-/m1/s1. The highest BCUT2D eigenvalue weighted by molar-refractivity contribution is 7.92. The molecule has 194 valence electrons. The SMILES string of the molecule is C[C@@H]1C[C@H](COc2ccc(S(=O)(=O)CCCS(C)(=O)=O)cc2)CN1[C@@H]1CCc2c(C#N)cccc2C1. The van der Waals surface area contributed by atoms with E-state index in [0.717, 1.165) is 44.0 Å². The summed E-state index contributed by atoms with van der Waals surface area (Å²) in [7, 11) is -6.71. The molecule has 0 radical (unpaired) electrons. The topological polar surface area (TPSA) is 105 Å². The molecule has 9 heteroatoms. The number of nitriles is 1. The Morgan fingerprint density at radius 2 is 1.83 bits per heavy atom. The maximum absolute atomic E-state index is 12.5. The fraction of sp³-hybridized carbons (Fsp3) is 0.519. The van der Waals surface area contributed by atoms with Gasteiger partial charge in [-0.1, -0.05) is 12.1 Å². The summed E-state index contributed by atoms with van der Waals surface area (Å²) < 4.78 is 53.5. The molecule has 0 spiro atoms. The van der Waals surface area contributed by atoms with E-state index < -0.39 is 19.7 Å². The lowest BCUT2D eigenvalue weighted by atomic mass is 9.85. The second kappa shape index (κ2) is 10.9. The van der Waals surface area contributed by atoms with Crippen molar-refractivity contribution < 1.29 is 21.6 Å². The first-order valence-corrected chi connectivity index (χ1v) is 16.2. The summed E-state index contributed by atoms with van der Waals surface area (Å²) in [6.07, 6.45) is 5.22. The molecule has 1 aliphatic heterocycles. The van der Waals surface area contributed by atoms with Crippen LogP contribution in [0.2, 0.25) is 0 Å². The third-order valence-corrected chi connectivity index (χ3v) is 10.2. The molecular weight excluding hydrogens is 496 g/mol. The smallest absolute Gasteiger partial charge is 0.178 e. The maximum atomic E-state index is 12.5. The van der Waals surface area contributed by atoms with Gasteiger partial charge in [-0.05, 0) is 80.5 Å². The van der Waals surface area contributed by atoms with Crippen LogP contribution in [0.1, 0.15) is 42.9 Å². The van der Waals surface area contributed by atoms with E-state index in [4.69, 9.17) is 4.74 Å². The van der Waals surface area contributed by atoms with E-state index in [2.05, 4.69) is 24.0 Å². The second-order valence-electron chi connectivity index (χ2n) is 10.2. The predicted molar refractivity (Wildman–Crippen MR) is 140 cm³/mol. The summed E-state index contributed by atoms with van der Waals surface area (Å²) in [4.78, 5) is 2.77. The van der Waals surface area contributed by atoms with Crippen molar-refractivity contribution in [3.8, 4) is 11.8 Å². The molecular formula is C27H34N2O5S2. The van der Waals surface area contributed by atoms with Crippen molar-refractivity contribution in [3.05, 3.63) is 59.2 Å². The molecule has 7 nitrogen and oxygen atoms in total. The quantitative estimate of drug-likeness (QED) is 0.489. The Morgan fingerprint density at radius 1 is 1.08 bits per heavy atom. The average Bonchev–Trinajstić information content (AvgIpc) is 3.21. The number of sulfone groups is 2. The first-order chi connectivity index (χ1) is 17.1. The zero-order chi connectivity index (χ0) is 25.9. The van der Waals surface area contributed by atoms with Crippen molar-refractivity contribution in [2.75, 3.05) is 30.9 Å². The van der Waals surface area contributed by atoms with Crippen molar-refractivity contribution in [2.45, 2.75) is 56.0 Å². The largest absolute Gasteiger partial charge is 0.493 e. The van der Waals surface area contributed by atoms with Crippen LogP contribution in [0, 0.1) is 17.2 Å². The third kappa shape index (κ3) is 6.47. The van der Waals surface area contributed by atoms with Gasteiger partial charge < -0.3 is 4.74 Å². The fourth-order valence-corrected chi connectivity index (χ4v) is 7.72. The summed E-state index contributed by atoms with van der Waals surface area (Å²) in [6, 6.07) is 15.7. The summed E-state index contributed by atoms with van der Waals surface area (Å²) in [5, 5.41) is 9.39. The van der Waals surface area contributed by atoms with Crippen LogP contribution in [-0.2, 0) is 32.5 Å². The minimum Gasteiger partial charge on any atom is -0.493 e. The van der Waals surface area contributed by atoms with Crippen molar-refractivity contribution in [1.29, 1.82) is 5.26 Å². The van der Waals surface area contributed by atoms with Gasteiger partial charge in [0, 0.05) is 30.8 Å². The van der Waals surface area contributed by atoms with Crippen molar-refractivity contribution in [2.24, 2.45) is 5.92 Å². The molecule has 0 saturated carbocycles. The van der Waals surface area contributed by atoms with Gasteiger partial charge in [-0.3, -0.25) is 4.90 Å². The first kappa shape index (κ1) is 26.6. The fourth-order valence-electron chi connectivity index (χ4n) is 5.56. The molecule has 4 rings (SSSR count). The van der Waals surface area contributed by atoms with Crippen molar-refractivity contribution in [3.63, 3.8) is 0 Å². The monoisotopic (exact) mass is 530 g/mol. The molecule has 0 unspecified atom stereocenters. The molecule has 0 N–H and O–H groups in total. The lowest BCUT2D eigenvalue weighted by Crippen LogP contribution is -2.41. The van der Waals surface area contributed by atoms with Gasteiger partial charge in [0.15, 0.2) is 9.84 Å². The molecule has 1 fully saturated rings. The Morgan fingerprint density at radius 3 is 2.53 bits per heavy atom. The Labute approximate surface area is 214 Å². The number of nitrogens with zero attached hydrogens (tertiary/aromatic N) is 2. The molecule has 0 amide bonds. The Balaban J connectivity index is 1.29. The predicted octanol–water partition coefficient (Wildman–Crippen LogP) is 3.41. The highest BCUT2D eigenvalue weighted by Crippen LogP contribution is 2.33. The molecule has 2 aliphatic rings. The number of hydrogen-bond acceptors (Lipinski definition) is 7. The Hall–Kier alpha value is -2.41.